The number of rotatable bonds is 11. The smallest absolute Gasteiger partial charge is 0.244 e. The van der Waals surface area contributed by atoms with E-state index in [0.717, 1.165) is 54.3 Å². The van der Waals surface area contributed by atoms with E-state index in [1.165, 1.54) is 41.3 Å². The Morgan fingerprint density at radius 1 is 0.927 bits per heavy atom. The van der Waals surface area contributed by atoms with E-state index in [1.807, 2.05) is 30.3 Å². The predicted octanol–water partition coefficient (Wildman–Crippen LogP) is 4.82. The zero-order valence-electron chi connectivity index (χ0n) is 23.0. The van der Waals surface area contributed by atoms with E-state index in [0.29, 0.717) is 0 Å². The van der Waals surface area contributed by atoms with Crippen LogP contribution in [0.2, 0.25) is 0 Å². The van der Waals surface area contributed by atoms with Crippen molar-refractivity contribution in [2.75, 3.05) is 17.1 Å². The lowest BCUT2D eigenvalue weighted by molar-refractivity contribution is -0.140. The van der Waals surface area contributed by atoms with E-state index in [1.54, 1.807) is 6.07 Å². The number of carbonyl (C=O) groups excluding carboxylic acids is 2. The maximum Gasteiger partial charge on any atom is 0.244 e. The molecule has 10 heteroatoms. The van der Waals surface area contributed by atoms with Gasteiger partial charge >= 0.3 is 0 Å². The fourth-order valence-corrected chi connectivity index (χ4v) is 5.99. The maximum absolute atomic E-state index is 14.9. The van der Waals surface area contributed by atoms with Gasteiger partial charge in [0.25, 0.3) is 0 Å². The SMILES string of the molecule is CS(=O)(=O)N(CC(=O)N(Cc1ccccc1F)[C@H](Cc1ccccc1)C(=O)NC1CCCCC1)c1cccc(F)c1. The number of hydrogen-bond donors (Lipinski definition) is 1. The van der Waals surface area contributed by atoms with E-state index in [4.69, 9.17) is 0 Å². The molecule has 0 spiro atoms. The Morgan fingerprint density at radius 3 is 2.27 bits per heavy atom. The van der Waals surface area contributed by atoms with Gasteiger partial charge in [-0.15, -0.1) is 0 Å². The first-order chi connectivity index (χ1) is 19.6. The van der Waals surface area contributed by atoms with E-state index in [-0.39, 0.29) is 36.2 Å². The topological polar surface area (TPSA) is 86.8 Å². The molecule has 0 aliphatic heterocycles. The van der Waals surface area contributed by atoms with Crippen LogP contribution in [-0.2, 0) is 32.6 Å². The molecule has 3 aromatic carbocycles. The molecule has 1 atom stereocenters. The summed E-state index contributed by atoms with van der Waals surface area (Å²) in [6.07, 6.45) is 5.78. The first-order valence-corrected chi connectivity index (χ1v) is 15.6. The number of hydrogen-bond acceptors (Lipinski definition) is 4. The van der Waals surface area contributed by atoms with Gasteiger partial charge in [0.2, 0.25) is 21.8 Å². The summed E-state index contributed by atoms with van der Waals surface area (Å²) < 4.78 is 55.2. The zero-order valence-corrected chi connectivity index (χ0v) is 23.8. The molecule has 41 heavy (non-hydrogen) atoms. The third-order valence-corrected chi connectivity index (χ3v) is 8.44. The van der Waals surface area contributed by atoms with Gasteiger partial charge in [0, 0.05) is 24.6 Å². The van der Waals surface area contributed by atoms with Crippen LogP contribution in [0.5, 0.6) is 0 Å². The standard InChI is InChI=1S/C31H35F2N3O4S/c1-41(39,40)36(27-17-10-14-25(32)20-27)22-30(37)35(21-24-13-8-9-18-28(24)33)29(19-23-11-4-2-5-12-23)31(38)34-26-15-6-3-7-16-26/h2,4-5,8-14,17-18,20,26,29H,3,6-7,15-16,19,21-22H2,1H3,(H,34,38)/t29-/m1/s1. The van der Waals surface area contributed by atoms with E-state index < -0.39 is 40.2 Å². The Kier molecular flexibility index (Phi) is 10.1. The highest BCUT2D eigenvalue weighted by Gasteiger charge is 2.34. The molecule has 1 N–H and O–H groups in total. The summed E-state index contributed by atoms with van der Waals surface area (Å²) in [7, 11) is -4.03. The molecule has 1 saturated carbocycles. The number of carbonyl (C=O) groups is 2. The second-order valence-corrected chi connectivity index (χ2v) is 12.3. The first-order valence-electron chi connectivity index (χ1n) is 13.7. The lowest BCUT2D eigenvalue weighted by atomic mass is 9.94. The maximum atomic E-state index is 14.9. The van der Waals surface area contributed by atoms with Crippen molar-refractivity contribution < 1.29 is 26.8 Å². The Hall–Kier alpha value is -3.79. The average molecular weight is 584 g/mol. The zero-order chi connectivity index (χ0) is 29.4. The van der Waals surface area contributed by atoms with Crippen LogP contribution in [0.4, 0.5) is 14.5 Å². The van der Waals surface area contributed by atoms with Gasteiger partial charge in [-0.3, -0.25) is 13.9 Å². The van der Waals surface area contributed by atoms with E-state index in [2.05, 4.69) is 5.32 Å². The summed E-state index contributed by atoms with van der Waals surface area (Å²) in [4.78, 5) is 29.1. The third kappa shape index (κ3) is 8.36. The number of halogens is 2. The van der Waals surface area contributed by atoms with Gasteiger partial charge in [0.1, 0.15) is 24.2 Å². The largest absolute Gasteiger partial charge is 0.352 e. The Balaban J connectivity index is 1.73. The van der Waals surface area contributed by atoms with Gasteiger partial charge in [-0.05, 0) is 42.7 Å². The summed E-state index contributed by atoms with van der Waals surface area (Å²) in [5.41, 5.74) is 0.937. The second-order valence-electron chi connectivity index (χ2n) is 10.4. The molecule has 0 saturated heterocycles. The van der Waals surface area contributed by atoms with Crippen molar-refractivity contribution in [2.45, 2.75) is 57.2 Å². The Labute approximate surface area is 240 Å². The predicted molar refractivity (Wildman–Crippen MR) is 154 cm³/mol. The Bertz CT molecular complexity index is 1450. The summed E-state index contributed by atoms with van der Waals surface area (Å²) in [5.74, 6) is -2.33. The van der Waals surface area contributed by atoms with Crippen LogP contribution in [0.1, 0.15) is 43.2 Å². The van der Waals surface area contributed by atoms with Crippen molar-refractivity contribution in [2.24, 2.45) is 0 Å². The van der Waals surface area contributed by atoms with Gasteiger partial charge in [-0.2, -0.15) is 0 Å². The summed E-state index contributed by atoms with van der Waals surface area (Å²) >= 11 is 0. The van der Waals surface area contributed by atoms with Crippen LogP contribution in [0.15, 0.2) is 78.9 Å². The molecule has 218 valence electrons. The van der Waals surface area contributed by atoms with Crippen LogP contribution in [0, 0.1) is 11.6 Å². The summed E-state index contributed by atoms with van der Waals surface area (Å²) in [6.45, 7) is -0.958. The molecule has 1 aliphatic rings. The number of amides is 2. The van der Waals surface area contributed by atoms with Gasteiger partial charge in [-0.25, -0.2) is 17.2 Å². The van der Waals surface area contributed by atoms with E-state index >= 15 is 0 Å². The molecule has 4 rings (SSSR count). The molecule has 0 radical (unpaired) electrons. The number of sulfonamides is 1. The third-order valence-electron chi connectivity index (χ3n) is 7.30. The molecule has 7 nitrogen and oxygen atoms in total. The van der Waals surface area contributed by atoms with Crippen molar-refractivity contribution in [3.8, 4) is 0 Å². The normalized spacial score (nSPS) is 14.7. The molecular weight excluding hydrogens is 548 g/mol. The Morgan fingerprint density at radius 2 is 1.61 bits per heavy atom. The van der Waals surface area contributed by atoms with Crippen molar-refractivity contribution in [3.63, 3.8) is 0 Å². The highest BCUT2D eigenvalue weighted by atomic mass is 32.2. The molecule has 1 fully saturated rings. The van der Waals surface area contributed by atoms with Crippen molar-refractivity contribution in [1.82, 2.24) is 10.2 Å². The first kappa shape index (κ1) is 30.2. The number of benzene rings is 3. The molecule has 0 unspecified atom stereocenters. The lowest BCUT2D eigenvalue weighted by Gasteiger charge is -2.35. The fourth-order valence-electron chi connectivity index (χ4n) is 5.15. The highest BCUT2D eigenvalue weighted by Crippen LogP contribution is 2.23. The quantitative estimate of drug-likeness (QED) is 0.351. The molecule has 0 heterocycles. The molecule has 0 aromatic heterocycles. The highest BCUT2D eigenvalue weighted by molar-refractivity contribution is 7.92. The summed E-state index contributed by atoms with van der Waals surface area (Å²) in [6, 6.07) is 18.9. The molecule has 1 aliphatic carbocycles. The van der Waals surface area contributed by atoms with Crippen molar-refractivity contribution in [1.29, 1.82) is 0 Å². The molecule has 0 bridgehead atoms. The average Bonchev–Trinajstić information content (AvgIpc) is 2.95. The molecule has 3 aromatic rings. The van der Waals surface area contributed by atoms with Crippen LogP contribution in [0.25, 0.3) is 0 Å². The van der Waals surface area contributed by atoms with Crippen LogP contribution < -0.4 is 9.62 Å². The fraction of sp³-hybridized carbons (Fsp3) is 0.355. The van der Waals surface area contributed by atoms with Gasteiger partial charge in [0.15, 0.2) is 0 Å². The minimum Gasteiger partial charge on any atom is -0.352 e. The van der Waals surface area contributed by atoms with E-state index in [9.17, 15) is 26.8 Å². The van der Waals surface area contributed by atoms with Gasteiger partial charge < -0.3 is 10.2 Å². The molecular formula is C31H35F2N3O4S. The number of nitrogens with one attached hydrogen (secondary N) is 1. The summed E-state index contributed by atoms with van der Waals surface area (Å²) in [5, 5.41) is 3.09. The van der Waals surface area contributed by atoms with Crippen LogP contribution in [0.3, 0.4) is 0 Å². The second kappa shape index (κ2) is 13.7. The molecule has 2 amide bonds. The minimum absolute atomic E-state index is 0.0297. The van der Waals surface area contributed by atoms with Crippen molar-refractivity contribution in [3.05, 3.63) is 102 Å². The van der Waals surface area contributed by atoms with Gasteiger partial charge in [0.05, 0.1) is 11.9 Å². The minimum atomic E-state index is -4.03. The monoisotopic (exact) mass is 583 g/mol. The number of nitrogens with zero attached hydrogens (tertiary/aromatic N) is 2. The van der Waals surface area contributed by atoms with Gasteiger partial charge in [-0.1, -0.05) is 73.9 Å². The lowest BCUT2D eigenvalue weighted by Crippen LogP contribution is -2.55. The number of anilines is 1. The van der Waals surface area contributed by atoms with Crippen molar-refractivity contribution >= 4 is 27.5 Å². The van der Waals surface area contributed by atoms with Crippen LogP contribution >= 0.6 is 0 Å². The van der Waals surface area contributed by atoms with Crippen LogP contribution in [-0.4, -0.2) is 50.0 Å².